The van der Waals surface area contributed by atoms with Gasteiger partial charge in [-0.1, -0.05) is 12.1 Å². The minimum Gasteiger partial charge on any atom is -0.491 e. The van der Waals surface area contributed by atoms with Crippen molar-refractivity contribution in [2.45, 2.75) is 40.3 Å². The smallest absolute Gasteiger partial charge is 0.251 e. The first kappa shape index (κ1) is 21.8. The maximum Gasteiger partial charge on any atom is 0.251 e. The fraction of sp³-hybridized carbons (Fsp3) is 0.381. The van der Waals surface area contributed by atoms with Gasteiger partial charge >= 0.3 is 0 Å². The molecule has 6 nitrogen and oxygen atoms in total. The highest BCUT2D eigenvalue weighted by Crippen LogP contribution is 2.19. The molecule has 0 saturated heterocycles. The number of ether oxygens (including phenoxy) is 1. The molecule has 2 aromatic rings. The summed E-state index contributed by atoms with van der Waals surface area (Å²) in [4.78, 5) is 12.4. The molecule has 0 heterocycles. The molecule has 0 unspecified atom stereocenters. The molecule has 0 aromatic heterocycles. The lowest BCUT2D eigenvalue weighted by atomic mass is 10.1. The van der Waals surface area contributed by atoms with Crippen molar-refractivity contribution in [2.75, 3.05) is 16.6 Å². The van der Waals surface area contributed by atoms with Crippen molar-refractivity contribution < 1.29 is 17.9 Å². The van der Waals surface area contributed by atoms with Gasteiger partial charge in [-0.05, 0) is 69.7 Å². The van der Waals surface area contributed by atoms with E-state index in [-0.39, 0.29) is 17.8 Å². The normalized spacial score (nSPS) is 11.3. The summed E-state index contributed by atoms with van der Waals surface area (Å²) in [5.41, 5.74) is 1.97. The molecule has 1 N–H and O–H groups in total. The molecule has 0 bridgehead atoms. The second-order valence-electron chi connectivity index (χ2n) is 6.61. The van der Waals surface area contributed by atoms with Crippen LogP contribution in [0.3, 0.4) is 0 Å². The highest BCUT2D eigenvalue weighted by Gasteiger charge is 2.18. The van der Waals surface area contributed by atoms with Crippen LogP contribution in [0.2, 0.25) is 0 Å². The molecule has 1 amide bonds. The van der Waals surface area contributed by atoms with Crippen LogP contribution in [0, 0.1) is 0 Å². The van der Waals surface area contributed by atoms with Crippen LogP contribution in [-0.2, 0) is 16.6 Å². The number of rotatable bonds is 9. The standard InChI is InChI=1S/C21H28N2O4S/c1-5-23(28(25,26)6-2)19-12-10-18(11-13-19)21(24)22-15-17-8-7-9-20(14-17)27-16(3)4/h7-14,16H,5-6,15H2,1-4H3,(H,22,24). The summed E-state index contributed by atoms with van der Waals surface area (Å²) in [6.07, 6.45) is 0.0857. The van der Waals surface area contributed by atoms with Gasteiger partial charge < -0.3 is 10.1 Å². The molecule has 0 spiro atoms. The molecule has 0 aliphatic carbocycles. The van der Waals surface area contributed by atoms with Gasteiger partial charge in [0, 0.05) is 18.7 Å². The van der Waals surface area contributed by atoms with Gasteiger partial charge in [0.15, 0.2) is 0 Å². The predicted octanol–water partition coefficient (Wildman–Crippen LogP) is 3.58. The maximum atomic E-state index is 12.4. The lowest BCUT2D eigenvalue weighted by Crippen LogP contribution is -2.32. The molecule has 0 aliphatic rings. The van der Waals surface area contributed by atoms with Crippen molar-refractivity contribution in [3.8, 4) is 5.75 Å². The predicted molar refractivity (Wildman–Crippen MR) is 112 cm³/mol. The quantitative estimate of drug-likeness (QED) is 0.693. The van der Waals surface area contributed by atoms with Gasteiger partial charge in [-0.15, -0.1) is 0 Å². The van der Waals surface area contributed by atoms with E-state index < -0.39 is 10.0 Å². The van der Waals surface area contributed by atoms with E-state index in [0.29, 0.717) is 24.3 Å². The third-order valence-corrected chi connectivity index (χ3v) is 6.00. The Morgan fingerprint density at radius 1 is 1.11 bits per heavy atom. The van der Waals surface area contributed by atoms with Crippen LogP contribution in [0.4, 0.5) is 5.69 Å². The minimum atomic E-state index is -3.33. The molecule has 152 valence electrons. The van der Waals surface area contributed by atoms with Crippen LogP contribution >= 0.6 is 0 Å². The van der Waals surface area contributed by atoms with E-state index in [1.54, 1.807) is 38.1 Å². The Bertz CT molecular complexity index is 893. The molecule has 2 aromatic carbocycles. The average Bonchev–Trinajstić information content (AvgIpc) is 2.67. The third-order valence-electron chi connectivity index (χ3n) is 4.13. The fourth-order valence-corrected chi connectivity index (χ4v) is 3.91. The summed E-state index contributed by atoms with van der Waals surface area (Å²) in [7, 11) is -3.33. The topological polar surface area (TPSA) is 75.7 Å². The molecule has 0 aliphatic heterocycles. The van der Waals surface area contributed by atoms with Crippen LogP contribution in [0.5, 0.6) is 5.75 Å². The minimum absolute atomic E-state index is 0.0304. The molecule has 2 rings (SSSR count). The molecule has 0 atom stereocenters. The number of nitrogens with zero attached hydrogens (tertiary/aromatic N) is 1. The number of anilines is 1. The number of benzene rings is 2. The number of hydrogen-bond acceptors (Lipinski definition) is 4. The Hall–Kier alpha value is -2.54. The van der Waals surface area contributed by atoms with Crippen molar-refractivity contribution in [3.63, 3.8) is 0 Å². The van der Waals surface area contributed by atoms with Crippen LogP contribution in [0.1, 0.15) is 43.6 Å². The van der Waals surface area contributed by atoms with Crippen molar-refractivity contribution in [1.29, 1.82) is 0 Å². The zero-order chi connectivity index (χ0) is 20.7. The van der Waals surface area contributed by atoms with Crippen LogP contribution in [0.15, 0.2) is 48.5 Å². The summed E-state index contributed by atoms with van der Waals surface area (Å²) in [6, 6.07) is 14.2. The second kappa shape index (κ2) is 9.59. The summed E-state index contributed by atoms with van der Waals surface area (Å²) < 4.78 is 31.3. The van der Waals surface area contributed by atoms with E-state index >= 15 is 0 Å². The first-order valence-corrected chi connectivity index (χ1v) is 11.0. The van der Waals surface area contributed by atoms with E-state index in [4.69, 9.17) is 4.74 Å². The Kier molecular flexibility index (Phi) is 7.45. The van der Waals surface area contributed by atoms with Crippen molar-refractivity contribution >= 4 is 21.6 Å². The first-order chi connectivity index (χ1) is 13.3. The van der Waals surface area contributed by atoms with Crippen molar-refractivity contribution in [1.82, 2.24) is 5.32 Å². The van der Waals surface area contributed by atoms with E-state index in [2.05, 4.69) is 5.32 Å². The van der Waals surface area contributed by atoms with Gasteiger partial charge in [-0.25, -0.2) is 8.42 Å². The Balaban J connectivity index is 2.04. The van der Waals surface area contributed by atoms with Gasteiger partial charge in [0.2, 0.25) is 10.0 Å². The Labute approximate surface area is 167 Å². The Morgan fingerprint density at radius 3 is 2.36 bits per heavy atom. The summed E-state index contributed by atoms with van der Waals surface area (Å²) in [5.74, 6) is 0.578. The van der Waals surface area contributed by atoms with E-state index in [1.807, 2.05) is 38.1 Å². The molecule has 0 fully saturated rings. The number of hydrogen-bond donors (Lipinski definition) is 1. The van der Waals surface area contributed by atoms with Crippen molar-refractivity contribution in [3.05, 3.63) is 59.7 Å². The zero-order valence-electron chi connectivity index (χ0n) is 16.8. The van der Waals surface area contributed by atoms with E-state index in [0.717, 1.165) is 11.3 Å². The SMILES string of the molecule is CCN(c1ccc(C(=O)NCc2cccc(OC(C)C)c2)cc1)S(=O)(=O)CC. The number of carbonyl (C=O) groups is 1. The molecule has 0 saturated carbocycles. The number of carbonyl (C=O) groups excluding carboxylic acids is 1. The van der Waals surface area contributed by atoms with Gasteiger partial charge in [-0.3, -0.25) is 9.10 Å². The van der Waals surface area contributed by atoms with E-state index in [1.165, 1.54) is 4.31 Å². The summed E-state index contributed by atoms with van der Waals surface area (Å²) in [6.45, 7) is 8.04. The molecular weight excluding hydrogens is 376 g/mol. The fourth-order valence-electron chi connectivity index (χ4n) is 2.76. The summed E-state index contributed by atoms with van der Waals surface area (Å²) in [5, 5.41) is 2.87. The van der Waals surface area contributed by atoms with Gasteiger partial charge in [-0.2, -0.15) is 0 Å². The van der Waals surface area contributed by atoms with Crippen LogP contribution in [-0.4, -0.2) is 32.7 Å². The van der Waals surface area contributed by atoms with Crippen molar-refractivity contribution in [2.24, 2.45) is 0 Å². The second-order valence-corrected chi connectivity index (χ2v) is 8.79. The molecule has 0 radical (unpaired) electrons. The molecule has 7 heteroatoms. The molecular formula is C21H28N2O4S. The lowest BCUT2D eigenvalue weighted by Gasteiger charge is -2.22. The third kappa shape index (κ3) is 5.73. The first-order valence-electron chi connectivity index (χ1n) is 9.41. The number of amides is 1. The van der Waals surface area contributed by atoms with Gasteiger partial charge in [0.1, 0.15) is 5.75 Å². The average molecular weight is 405 g/mol. The van der Waals surface area contributed by atoms with E-state index in [9.17, 15) is 13.2 Å². The number of nitrogens with one attached hydrogen (secondary N) is 1. The Morgan fingerprint density at radius 2 is 1.79 bits per heavy atom. The largest absolute Gasteiger partial charge is 0.491 e. The van der Waals surface area contributed by atoms with Crippen LogP contribution in [0.25, 0.3) is 0 Å². The zero-order valence-corrected chi connectivity index (χ0v) is 17.6. The monoisotopic (exact) mass is 404 g/mol. The lowest BCUT2D eigenvalue weighted by molar-refractivity contribution is 0.0951. The highest BCUT2D eigenvalue weighted by molar-refractivity contribution is 7.92. The van der Waals surface area contributed by atoms with Gasteiger partial charge in [0.05, 0.1) is 17.5 Å². The summed E-state index contributed by atoms with van der Waals surface area (Å²) >= 11 is 0. The van der Waals surface area contributed by atoms with Crippen LogP contribution < -0.4 is 14.4 Å². The van der Waals surface area contributed by atoms with Gasteiger partial charge in [0.25, 0.3) is 5.91 Å². The number of sulfonamides is 1. The highest BCUT2D eigenvalue weighted by atomic mass is 32.2. The molecule has 28 heavy (non-hydrogen) atoms. The maximum absolute atomic E-state index is 12.4.